The van der Waals surface area contributed by atoms with Crippen molar-refractivity contribution in [2.75, 3.05) is 39.1 Å². The average Bonchev–Trinajstić information content (AvgIpc) is 3.48. The number of carbonyl (C=O) groups is 2. The maximum absolute atomic E-state index is 13.0. The summed E-state index contributed by atoms with van der Waals surface area (Å²) in [6.07, 6.45) is 1.66. The van der Waals surface area contributed by atoms with E-state index in [9.17, 15) is 19.8 Å². The summed E-state index contributed by atoms with van der Waals surface area (Å²) < 4.78 is 0. The second-order valence-corrected chi connectivity index (χ2v) is 12.7. The number of likely N-dealkylation sites (N-methyl/N-ethyl adjacent to an activating group) is 1. The summed E-state index contributed by atoms with van der Waals surface area (Å²) in [5.41, 5.74) is -0.116. The third kappa shape index (κ3) is 5.04. The quantitative estimate of drug-likeness (QED) is 0.426. The van der Waals surface area contributed by atoms with Crippen molar-refractivity contribution < 1.29 is 19.8 Å². The minimum atomic E-state index is -0.672. The molecular formula is C25H36N4O4S2. The molecular weight excluding hydrogens is 484 g/mol. The van der Waals surface area contributed by atoms with Gasteiger partial charge in [0.25, 0.3) is 5.91 Å². The summed E-state index contributed by atoms with van der Waals surface area (Å²) in [6, 6.07) is 3.61. The second kappa shape index (κ2) is 10.3. The van der Waals surface area contributed by atoms with E-state index in [0.717, 1.165) is 23.5 Å². The van der Waals surface area contributed by atoms with Crippen molar-refractivity contribution in [2.45, 2.75) is 51.6 Å². The van der Waals surface area contributed by atoms with Gasteiger partial charge < -0.3 is 20.4 Å². The van der Waals surface area contributed by atoms with Gasteiger partial charge in [-0.1, -0.05) is 19.9 Å². The maximum atomic E-state index is 13.0. The summed E-state index contributed by atoms with van der Waals surface area (Å²) in [7, 11) is 3.94. The van der Waals surface area contributed by atoms with Gasteiger partial charge in [-0.15, -0.1) is 22.7 Å². The zero-order valence-electron chi connectivity index (χ0n) is 20.8. The van der Waals surface area contributed by atoms with Gasteiger partial charge in [0.2, 0.25) is 5.91 Å². The lowest BCUT2D eigenvalue weighted by atomic mass is 9.47. The number of nitrogens with one attached hydrogen (secondary N) is 2. The number of carbonyl (C=O) groups excluding carboxylic acids is 2. The Labute approximate surface area is 214 Å². The number of anilines is 1. The highest BCUT2D eigenvalue weighted by atomic mass is 32.1. The Hall–Kier alpha value is -1.85. The zero-order chi connectivity index (χ0) is 25.4. The van der Waals surface area contributed by atoms with Crippen molar-refractivity contribution >= 4 is 39.6 Å². The Balaban J connectivity index is 1.66. The molecule has 0 spiro atoms. The van der Waals surface area contributed by atoms with E-state index in [1.165, 1.54) is 22.7 Å². The number of aromatic nitrogens is 1. The largest absolute Gasteiger partial charge is 0.396 e. The lowest BCUT2D eigenvalue weighted by Gasteiger charge is -2.58. The highest BCUT2D eigenvalue weighted by molar-refractivity contribution is 7.16. The van der Waals surface area contributed by atoms with Crippen molar-refractivity contribution in [1.29, 1.82) is 0 Å². The molecule has 1 fully saturated rings. The molecule has 2 aliphatic rings. The van der Waals surface area contributed by atoms with E-state index in [1.54, 1.807) is 6.07 Å². The maximum Gasteiger partial charge on any atom is 0.267 e. The van der Waals surface area contributed by atoms with Gasteiger partial charge in [0.15, 0.2) is 5.13 Å². The summed E-state index contributed by atoms with van der Waals surface area (Å²) in [4.78, 5) is 34.2. The predicted octanol–water partition coefficient (Wildman–Crippen LogP) is 2.94. The Morgan fingerprint density at radius 1 is 1.31 bits per heavy atom. The number of aliphatic hydroxyl groups excluding tert-OH is 2. The number of fused-ring (bicyclic) bond motifs is 2. The number of hydrogen-bond acceptors (Lipinski definition) is 8. The van der Waals surface area contributed by atoms with Crippen molar-refractivity contribution in [3.05, 3.63) is 33.0 Å². The number of aliphatic hydroxyl groups is 2. The topological polar surface area (TPSA) is 115 Å². The SMILES string of the molecule is CN(C)CCNC(=O)CC1c2nc(NC(=O)c3cccs3)sc2CC2C(C)(CO)C(O)CCC12C. The van der Waals surface area contributed by atoms with Crippen molar-refractivity contribution in [3.63, 3.8) is 0 Å². The third-order valence-corrected chi connectivity index (χ3v) is 10.0. The fourth-order valence-electron chi connectivity index (χ4n) is 5.94. The molecule has 2 amide bonds. The molecule has 192 valence electrons. The number of rotatable bonds is 8. The van der Waals surface area contributed by atoms with E-state index in [0.29, 0.717) is 29.4 Å². The number of nitrogens with zero attached hydrogens (tertiary/aromatic N) is 2. The molecule has 2 heterocycles. The number of amides is 2. The molecule has 5 atom stereocenters. The highest BCUT2D eigenvalue weighted by Gasteiger charge is 2.59. The second-order valence-electron chi connectivity index (χ2n) is 10.6. The van der Waals surface area contributed by atoms with E-state index in [4.69, 9.17) is 4.98 Å². The van der Waals surface area contributed by atoms with Gasteiger partial charge in [0, 0.05) is 35.7 Å². The first-order chi connectivity index (χ1) is 16.6. The first-order valence-corrected chi connectivity index (χ1v) is 13.8. The van der Waals surface area contributed by atoms with Crippen LogP contribution in [-0.2, 0) is 11.2 Å². The molecule has 0 aliphatic heterocycles. The minimum absolute atomic E-state index is 0.0166. The van der Waals surface area contributed by atoms with Gasteiger partial charge in [-0.3, -0.25) is 14.9 Å². The zero-order valence-corrected chi connectivity index (χ0v) is 22.5. The molecule has 1 saturated carbocycles. The summed E-state index contributed by atoms with van der Waals surface area (Å²) in [5.74, 6) is -0.406. The van der Waals surface area contributed by atoms with Gasteiger partial charge in [-0.05, 0) is 56.1 Å². The number of thiazole rings is 1. The molecule has 10 heteroatoms. The van der Waals surface area contributed by atoms with Crippen molar-refractivity contribution in [2.24, 2.45) is 16.7 Å². The lowest BCUT2D eigenvalue weighted by Crippen LogP contribution is -2.57. The van der Waals surface area contributed by atoms with Gasteiger partial charge >= 0.3 is 0 Å². The van der Waals surface area contributed by atoms with Gasteiger partial charge in [-0.2, -0.15) is 0 Å². The minimum Gasteiger partial charge on any atom is -0.396 e. The summed E-state index contributed by atoms with van der Waals surface area (Å²) in [6.45, 7) is 5.34. The van der Waals surface area contributed by atoms with Gasteiger partial charge in [0.1, 0.15) is 0 Å². The van der Waals surface area contributed by atoms with Crippen LogP contribution in [0.25, 0.3) is 0 Å². The Kier molecular flexibility index (Phi) is 7.68. The highest BCUT2D eigenvalue weighted by Crippen LogP contribution is 2.62. The molecule has 2 aromatic rings. The first kappa shape index (κ1) is 26.2. The van der Waals surface area contributed by atoms with E-state index in [-0.39, 0.29) is 42.1 Å². The summed E-state index contributed by atoms with van der Waals surface area (Å²) >= 11 is 2.82. The molecule has 4 rings (SSSR count). The van der Waals surface area contributed by atoms with Crippen molar-refractivity contribution in [3.8, 4) is 0 Å². The molecule has 2 aromatic heterocycles. The van der Waals surface area contributed by atoms with E-state index < -0.39 is 11.5 Å². The van der Waals surface area contributed by atoms with Crippen molar-refractivity contribution in [1.82, 2.24) is 15.2 Å². The molecule has 0 aromatic carbocycles. The Morgan fingerprint density at radius 3 is 2.74 bits per heavy atom. The van der Waals surface area contributed by atoms with Crippen LogP contribution in [-0.4, -0.2) is 71.8 Å². The predicted molar refractivity (Wildman–Crippen MR) is 139 cm³/mol. The van der Waals surface area contributed by atoms with Crippen LogP contribution in [0.5, 0.6) is 0 Å². The molecule has 0 radical (unpaired) electrons. The van der Waals surface area contributed by atoms with E-state index in [1.807, 2.05) is 37.4 Å². The number of hydrogen-bond donors (Lipinski definition) is 4. The van der Waals surface area contributed by atoms with Crippen LogP contribution in [0.4, 0.5) is 5.13 Å². The molecule has 0 bridgehead atoms. The van der Waals surface area contributed by atoms with Gasteiger partial charge in [-0.25, -0.2) is 4.98 Å². The molecule has 35 heavy (non-hydrogen) atoms. The molecule has 4 N–H and O–H groups in total. The standard InChI is InChI=1S/C25H36N4O4S2/c1-24-8-7-19(31)25(2,14-30)18(24)13-17-21(15(24)12-20(32)26-9-10-29(3)4)27-23(35-17)28-22(33)16-6-5-11-34-16/h5-6,11,15,18-19,30-31H,7-10,12-14H2,1-4H3,(H,26,32)(H,27,28,33). The van der Waals surface area contributed by atoms with Crippen LogP contribution in [0, 0.1) is 16.7 Å². The summed E-state index contributed by atoms with van der Waals surface area (Å²) in [5, 5.41) is 29.6. The molecule has 2 aliphatic carbocycles. The first-order valence-electron chi connectivity index (χ1n) is 12.1. The smallest absolute Gasteiger partial charge is 0.267 e. The van der Waals surface area contributed by atoms with Crippen LogP contribution >= 0.6 is 22.7 Å². The van der Waals surface area contributed by atoms with Crippen LogP contribution in [0.3, 0.4) is 0 Å². The Morgan fingerprint density at radius 2 is 2.09 bits per heavy atom. The third-order valence-electron chi connectivity index (χ3n) is 8.13. The van der Waals surface area contributed by atoms with Crippen LogP contribution < -0.4 is 10.6 Å². The molecule has 0 saturated heterocycles. The van der Waals surface area contributed by atoms with Crippen LogP contribution in [0.2, 0.25) is 0 Å². The van der Waals surface area contributed by atoms with Gasteiger partial charge in [0.05, 0.1) is 23.3 Å². The Bertz CT molecular complexity index is 1060. The number of thiophene rings is 1. The normalized spacial score (nSPS) is 30.0. The monoisotopic (exact) mass is 520 g/mol. The fourth-order valence-corrected chi connectivity index (χ4v) is 7.62. The lowest BCUT2D eigenvalue weighted by molar-refractivity contribution is -0.144. The molecule has 8 nitrogen and oxygen atoms in total. The average molecular weight is 521 g/mol. The van der Waals surface area contributed by atoms with Crippen LogP contribution in [0.15, 0.2) is 17.5 Å². The van der Waals surface area contributed by atoms with E-state index >= 15 is 0 Å². The fraction of sp³-hybridized carbons (Fsp3) is 0.640. The van der Waals surface area contributed by atoms with E-state index in [2.05, 4.69) is 17.6 Å². The van der Waals surface area contributed by atoms with Crippen LogP contribution in [0.1, 0.15) is 59.3 Å². The molecule has 5 unspecified atom stereocenters.